The van der Waals surface area contributed by atoms with Crippen LogP contribution >= 0.6 is 0 Å². The molecule has 2 heterocycles. The number of rotatable bonds is 2. The molecule has 3 rings (SSSR count). The van der Waals surface area contributed by atoms with Gasteiger partial charge in [0.05, 0.1) is 0 Å². The van der Waals surface area contributed by atoms with Crippen LogP contribution in [-0.4, -0.2) is 36.6 Å². The summed E-state index contributed by atoms with van der Waals surface area (Å²) in [4.78, 5) is 2.63. The summed E-state index contributed by atoms with van der Waals surface area (Å²) in [6.07, 6.45) is 1.43. The molecule has 0 aromatic heterocycles. The lowest BCUT2D eigenvalue weighted by Crippen LogP contribution is -2.52. The van der Waals surface area contributed by atoms with E-state index in [1.54, 1.807) is 0 Å². The molecule has 1 N–H and O–H groups in total. The molecule has 2 bridgehead atoms. The zero-order valence-electron chi connectivity index (χ0n) is 7.67. The maximum Gasteiger partial charge on any atom is 0.0261 e. The molecule has 3 atom stereocenters. The number of nitrogens with one attached hydrogen (secondary N) is 1. The van der Waals surface area contributed by atoms with Crippen molar-refractivity contribution in [3.63, 3.8) is 0 Å². The van der Waals surface area contributed by atoms with E-state index in [9.17, 15) is 0 Å². The SMILES string of the molecule is CNC1[C@@H]2C[C@H]1N(C(C)C)C2. The molecular formula is C9H18N2. The first kappa shape index (κ1) is 7.56. The Morgan fingerprint density at radius 3 is 2.55 bits per heavy atom. The Kier molecular flexibility index (Phi) is 1.69. The second-order valence-corrected chi connectivity index (χ2v) is 4.17. The Hall–Kier alpha value is -0.0800. The van der Waals surface area contributed by atoms with Gasteiger partial charge in [-0.05, 0) is 33.2 Å². The molecule has 3 aliphatic rings. The average molecular weight is 154 g/mol. The second kappa shape index (κ2) is 2.46. The van der Waals surface area contributed by atoms with Crippen molar-refractivity contribution in [2.45, 2.75) is 38.4 Å². The zero-order chi connectivity index (χ0) is 8.01. The van der Waals surface area contributed by atoms with Crippen LogP contribution in [0, 0.1) is 5.92 Å². The number of likely N-dealkylation sites (N-methyl/N-ethyl adjacent to an activating group) is 1. The van der Waals surface area contributed by atoms with Crippen LogP contribution in [0.5, 0.6) is 0 Å². The molecule has 2 heteroatoms. The van der Waals surface area contributed by atoms with Crippen LogP contribution < -0.4 is 5.32 Å². The molecule has 0 radical (unpaired) electrons. The zero-order valence-corrected chi connectivity index (χ0v) is 7.67. The van der Waals surface area contributed by atoms with Crippen molar-refractivity contribution in [1.29, 1.82) is 0 Å². The highest BCUT2D eigenvalue weighted by Crippen LogP contribution is 2.41. The summed E-state index contributed by atoms with van der Waals surface area (Å²) in [5.41, 5.74) is 0. The van der Waals surface area contributed by atoms with Gasteiger partial charge in [0, 0.05) is 24.7 Å². The van der Waals surface area contributed by atoms with Crippen molar-refractivity contribution >= 4 is 0 Å². The minimum Gasteiger partial charge on any atom is -0.315 e. The average Bonchev–Trinajstić information content (AvgIpc) is 2.41. The Bertz CT molecular complexity index is 156. The fraction of sp³-hybridized carbons (Fsp3) is 1.00. The van der Waals surface area contributed by atoms with Crippen LogP contribution in [0.15, 0.2) is 0 Å². The summed E-state index contributed by atoms with van der Waals surface area (Å²) >= 11 is 0. The van der Waals surface area contributed by atoms with Gasteiger partial charge >= 0.3 is 0 Å². The topological polar surface area (TPSA) is 15.3 Å². The fourth-order valence-corrected chi connectivity index (χ4v) is 2.68. The molecule has 1 aliphatic carbocycles. The first-order chi connectivity index (χ1) is 5.24. The van der Waals surface area contributed by atoms with Crippen molar-refractivity contribution in [3.05, 3.63) is 0 Å². The van der Waals surface area contributed by atoms with Crippen molar-refractivity contribution in [1.82, 2.24) is 10.2 Å². The van der Waals surface area contributed by atoms with Gasteiger partial charge in [0.15, 0.2) is 0 Å². The molecular weight excluding hydrogens is 136 g/mol. The number of hydrogen-bond acceptors (Lipinski definition) is 2. The molecule has 11 heavy (non-hydrogen) atoms. The highest BCUT2D eigenvalue weighted by molar-refractivity contribution is 5.08. The predicted molar refractivity (Wildman–Crippen MR) is 46.6 cm³/mol. The predicted octanol–water partition coefficient (Wildman–Crippen LogP) is 0.687. The van der Waals surface area contributed by atoms with Crippen LogP contribution in [-0.2, 0) is 0 Å². The summed E-state index contributed by atoms with van der Waals surface area (Å²) < 4.78 is 0. The van der Waals surface area contributed by atoms with Gasteiger partial charge in [-0.25, -0.2) is 0 Å². The van der Waals surface area contributed by atoms with E-state index in [2.05, 4.69) is 31.1 Å². The van der Waals surface area contributed by atoms with E-state index in [1.165, 1.54) is 13.0 Å². The molecule has 1 saturated carbocycles. The monoisotopic (exact) mass is 154 g/mol. The molecule has 0 aromatic rings. The van der Waals surface area contributed by atoms with Crippen LogP contribution in [0.2, 0.25) is 0 Å². The lowest BCUT2D eigenvalue weighted by atomic mass is 9.80. The van der Waals surface area contributed by atoms with Crippen LogP contribution in [0.1, 0.15) is 20.3 Å². The number of nitrogens with zero attached hydrogens (tertiary/aromatic N) is 1. The molecule has 1 unspecified atom stereocenters. The van der Waals surface area contributed by atoms with E-state index in [4.69, 9.17) is 0 Å². The molecule has 0 amide bonds. The van der Waals surface area contributed by atoms with Gasteiger partial charge in [0.2, 0.25) is 0 Å². The van der Waals surface area contributed by atoms with E-state index in [0.29, 0.717) is 0 Å². The van der Waals surface area contributed by atoms with Gasteiger partial charge in [-0.3, -0.25) is 4.90 Å². The van der Waals surface area contributed by atoms with Crippen molar-refractivity contribution in [2.24, 2.45) is 5.92 Å². The maximum atomic E-state index is 3.41. The first-order valence-corrected chi connectivity index (χ1v) is 4.67. The standard InChI is InChI=1S/C9H18N2/c1-6(2)11-5-7-4-8(11)9(7)10-3/h6-10H,4-5H2,1-3H3/t7-,8-,9?/m1/s1. The van der Waals surface area contributed by atoms with E-state index in [1.807, 2.05) is 0 Å². The highest BCUT2D eigenvalue weighted by atomic mass is 15.3. The molecule has 0 aromatic carbocycles. The van der Waals surface area contributed by atoms with E-state index in [-0.39, 0.29) is 0 Å². The minimum absolute atomic E-state index is 0.739. The molecule has 2 nitrogen and oxygen atoms in total. The molecule has 64 valence electrons. The van der Waals surface area contributed by atoms with Gasteiger partial charge < -0.3 is 5.32 Å². The molecule has 2 saturated heterocycles. The number of fused-ring (bicyclic) bond motifs is 1. The van der Waals surface area contributed by atoms with Gasteiger partial charge in [-0.15, -0.1) is 0 Å². The van der Waals surface area contributed by atoms with Crippen molar-refractivity contribution in [2.75, 3.05) is 13.6 Å². The summed E-state index contributed by atoms with van der Waals surface area (Å²) in [7, 11) is 2.09. The summed E-state index contributed by atoms with van der Waals surface area (Å²) in [6, 6.07) is 2.39. The normalized spacial score (nSPS) is 43.1. The third kappa shape index (κ3) is 0.926. The van der Waals surface area contributed by atoms with Crippen molar-refractivity contribution in [3.8, 4) is 0 Å². The molecule has 3 fully saturated rings. The number of hydrogen-bond donors (Lipinski definition) is 1. The smallest absolute Gasteiger partial charge is 0.0261 e. The van der Waals surface area contributed by atoms with Crippen LogP contribution in [0.3, 0.4) is 0 Å². The van der Waals surface area contributed by atoms with Crippen LogP contribution in [0.4, 0.5) is 0 Å². The highest BCUT2D eigenvalue weighted by Gasteiger charge is 2.51. The Morgan fingerprint density at radius 2 is 2.18 bits per heavy atom. The van der Waals surface area contributed by atoms with E-state index >= 15 is 0 Å². The quantitative estimate of drug-likeness (QED) is 0.629. The molecule has 0 spiro atoms. The lowest BCUT2D eigenvalue weighted by Gasteiger charge is -2.37. The summed E-state index contributed by atoms with van der Waals surface area (Å²) in [5.74, 6) is 0.951. The maximum absolute atomic E-state index is 3.41. The first-order valence-electron chi connectivity index (χ1n) is 4.67. The third-order valence-corrected chi connectivity index (χ3v) is 3.33. The summed E-state index contributed by atoms with van der Waals surface area (Å²) in [5, 5.41) is 3.41. The van der Waals surface area contributed by atoms with Gasteiger partial charge in [-0.2, -0.15) is 0 Å². The third-order valence-electron chi connectivity index (χ3n) is 3.33. The largest absolute Gasteiger partial charge is 0.315 e. The minimum atomic E-state index is 0.739. The summed E-state index contributed by atoms with van der Waals surface area (Å²) in [6.45, 7) is 5.93. The van der Waals surface area contributed by atoms with E-state index < -0.39 is 0 Å². The second-order valence-electron chi connectivity index (χ2n) is 4.17. The van der Waals surface area contributed by atoms with Gasteiger partial charge in [0.1, 0.15) is 0 Å². The Labute approximate surface area is 69.0 Å². The Morgan fingerprint density at radius 1 is 1.45 bits per heavy atom. The molecule has 2 aliphatic heterocycles. The van der Waals surface area contributed by atoms with Crippen molar-refractivity contribution < 1.29 is 0 Å². The lowest BCUT2D eigenvalue weighted by molar-refractivity contribution is 0.165. The van der Waals surface area contributed by atoms with Gasteiger partial charge in [0.25, 0.3) is 0 Å². The van der Waals surface area contributed by atoms with Crippen LogP contribution in [0.25, 0.3) is 0 Å². The van der Waals surface area contributed by atoms with Gasteiger partial charge in [-0.1, -0.05) is 0 Å². The van der Waals surface area contributed by atoms with E-state index in [0.717, 1.165) is 24.0 Å². The Balaban J connectivity index is 2.00. The fourth-order valence-electron chi connectivity index (χ4n) is 2.68.